The standard InChI is InChI=1S/C9H14N2O2S/c1-7(9(12)13)14-6-3-8-10-4-5-11(8)2/h4-5,7H,3,6H2,1-2H3,(H,12,13). The molecule has 78 valence electrons. The molecule has 1 aromatic heterocycles. The lowest BCUT2D eigenvalue weighted by Gasteiger charge is -2.05. The highest BCUT2D eigenvalue weighted by atomic mass is 32.2. The largest absolute Gasteiger partial charge is 0.480 e. The highest BCUT2D eigenvalue weighted by molar-refractivity contribution is 8.00. The van der Waals surface area contributed by atoms with Crippen molar-refractivity contribution in [3.63, 3.8) is 0 Å². The normalized spacial score (nSPS) is 12.7. The molecule has 1 rings (SSSR count). The van der Waals surface area contributed by atoms with Gasteiger partial charge in [0.2, 0.25) is 0 Å². The van der Waals surface area contributed by atoms with Gasteiger partial charge in [0.25, 0.3) is 0 Å². The number of carbonyl (C=O) groups is 1. The third kappa shape index (κ3) is 3.06. The molecule has 5 heteroatoms. The third-order valence-corrected chi connectivity index (χ3v) is 3.10. The molecular weight excluding hydrogens is 200 g/mol. The summed E-state index contributed by atoms with van der Waals surface area (Å²) >= 11 is 1.44. The maximum absolute atomic E-state index is 10.5. The molecule has 1 heterocycles. The van der Waals surface area contributed by atoms with E-state index in [0.717, 1.165) is 18.0 Å². The molecule has 1 atom stereocenters. The Morgan fingerprint density at radius 2 is 2.50 bits per heavy atom. The van der Waals surface area contributed by atoms with E-state index in [0.29, 0.717) is 0 Å². The molecule has 1 aromatic rings. The van der Waals surface area contributed by atoms with Gasteiger partial charge in [-0.1, -0.05) is 0 Å². The number of nitrogens with zero attached hydrogens (tertiary/aromatic N) is 2. The summed E-state index contributed by atoms with van der Waals surface area (Å²) in [5.41, 5.74) is 0. The van der Waals surface area contributed by atoms with Crippen LogP contribution in [0.1, 0.15) is 12.7 Å². The van der Waals surface area contributed by atoms with E-state index in [1.165, 1.54) is 11.8 Å². The Balaban J connectivity index is 2.29. The number of hydrogen-bond acceptors (Lipinski definition) is 3. The minimum absolute atomic E-state index is 0.338. The van der Waals surface area contributed by atoms with Crippen molar-refractivity contribution in [1.29, 1.82) is 0 Å². The van der Waals surface area contributed by atoms with Crippen molar-refractivity contribution in [3.8, 4) is 0 Å². The van der Waals surface area contributed by atoms with Gasteiger partial charge in [0.05, 0.1) is 5.25 Å². The van der Waals surface area contributed by atoms with Crippen LogP contribution in [-0.2, 0) is 18.3 Å². The molecule has 14 heavy (non-hydrogen) atoms. The van der Waals surface area contributed by atoms with Crippen molar-refractivity contribution in [2.75, 3.05) is 5.75 Å². The smallest absolute Gasteiger partial charge is 0.316 e. The third-order valence-electron chi connectivity index (χ3n) is 1.96. The van der Waals surface area contributed by atoms with Crippen LogP contribution < -0.4 is 0 Å². The summed E-state index contributed by atoms with van der Waals surface area (Å²) in [6.45, 7) is 1.70. The predicted molar refractivity (Wildman–Crippen MR) is 56.5 cm³/mol. The van der Waals surface area contributed by atoms with Crippen LogP contribution in [0.25, 0.3) is 0 Å². The zero-order chi connectivity index (χ0) is 10.6. The first-order valence-electron chi connectivity index (χ1n) is 4.42. The summed E-state index contributed by atoms with van der Waals surface area (Å²) in [6, 6.07) is 0. The minimum atomic E-state index is -0.755. The van der Waals surface area contributed by atoms with E-state index in [4.69, 9.17) is 5.11 Å². The minimum Gasteiger partial charge on any atom is -0.480 e. The Kier molecular flexibility index (Phi) is 4.00. The predicted octanol–water partition coefficient (Wildman–Crippen LogP) is 1.17. The Morgan fingerprint density at radius 3 is 3.00 bits per heavy atom. The number of carboxylic acids is 1. The van der Waals surface area contributed by atoms with Gasteiger partial charge in [-0.25, -0.2) is 4.98 Å². The molecule has 4 nitrogen and oxygen atoms in total. The maximum atomic E-state index is 10.5. The molecule has 0 aliphatic carbocycles. The van der Waals surface area contributed by atoms with Gasteiger partial charge in [-0.2, -0.15) is 0 Å². The summed E-state index contributed by atoms with van der Waals surface area (Å²) in [7, 11) is 1.94. The fourth-order valence-electron chi connectivity index (χ4n) is 1.04. The number of aryl methyl sites for hydroxylation is 2. The van der Waals surface area contributed by atoms with Crippen molar-refractivity contribution in [1.82, 2.24) is 9.55 Å². The maximum Gasteiger partial charge on any atom is 0.316 e. The summed E-state index contributed by atoms with van der Waals surface area (Å²) in [4.78, 5) is 14.7. The number of imidazole rings is 1. The van der Waals surface area contributed by atoms with E-state index < -0.39 is 5.97 Å². The van der Waals surface area contributed by atoms with Gasteiger partial charge in [0.1, 0.15) is 5.82 Å². The van der Waals surface area contributed by atoms with E-state index in [-0.39, 0.29) is 5.25 Å². The topological polar surface area (TPSA) is 55.1 Å². The second kappa shape index (κ2) is 5.05. The van der Waals surface area contributed by atoms with Crippen molar-refractivity contribution >= 4 is 17.7 Å². The van der Waals surface area contributed by atoms with Crippen molar-refractivity contribution in [2.45, 2.75) is 18.6 Å². The van der Waals surface area contributed by atoms with Gasteiger partial charge in [-0.15, -0.1) is 11.8 Å². The van der Waals surface area contributed by atoms with Crippen LogP contribution in [0, 0.1) is 0 Å². The van der Waals surface area contributed by atoms with Crippen molar-refractivity contribution in [3.05, 3.63) is 18.2 Å². The molecular formula is C9H14N2O2S. The SMILES string of the molecule is CC(SCCc1nccn1C)C(=O)O. The quantitative estimate of drug-likeness (QED) is 0.799. The van der Waals surface area contributed by atoms with Crippen molar-refractivity contribution in [2.24, 2.45) is 7.05 Å². The molecule has 0 amide bonds. The lowest BCUT2D eigenvalue weighted by Crippen LogP contribution is -2.13. The fourth-order valence-corrected chi connectivity index (χ4v) is 1.83. The van der Waals surface area contributed by atoms with Crippen LogP contribution in [0.4, 0.5) is 0 Å². The van der Waals surface area contributed by atoms with Gasteiger partial charge in [-0.05, 0) is 6.92 Å². The van der Waals surface area contributed by atoms with Gasteiger partial charge in [-0.3, -0.25) is 4.79 Å². The molecule has 1 unspecified atom stereocenters. The monoisotopic (exact) mass is 214 g/mol. The highest BCUT2D eigenvalue weighted by Crippen LogP contribution is 2.12. The molecule has 0 bridgehead atoms. The Hall–Kier alpha value is -0.970. The fraction of sp³-hybridized carbons (Fsp3) is 0.556. The summed E-state index contributed by atoms with van der Waals surface area (Å²) in [5.74, 6) is 1.03. The van der Waals surface area contributed by atoms with E-state index in [1.54, 1.807) is 13.1 Å². The highest BCUT2D eigenvalue weighted by Gasteiger charge is 2.10. The number of thioether (sulfide) groups is 1. The molecule has 0 aliphatic heterocycles. The number of rotatable bonds is 5. The molecule has 0 radical (unpaired) electrons. The summed E-state index contributed by atoms with van der Waals surface area (Å²) in [5, 5.41) is 8.31. The van der Waals surface area contributed by atoms with Gasteiger partial charge < -0.3 is 9.67 Å². The second-order valence-corrected chi connectivity index (χ2v) is 4.50. The first kappa shape index (κ1) is 11.1. The average Bonchev–Trinajstić information content (AvgIpc) is 2.51. The van der Waals surface area contributed by atoms with Crippen molar-refractivity contribution < 1.29 is 9.90 Å². The van der Waals surface area contributed by atoms with Crippen LogP contribution in [0.2, 0.25) is 0 Å². The summed E-state index contributed by atoms with van der Waals surface area (Å²) in [6.07, 6.45) is 4.45. The zero-order valence-corrected chi connectivity index (χ0v) is 9.12. The molecule has 0 saturated carbocycles. The van der Waals surface area contributed by atoms with E-state index >= 15 is 0 Å². The van der Waals surface area contributed by atoms with Gasteiger partial charge >= 0.3 is 5.97 Å². The number of hydrogen-bond donors (Lipinski definition) is 1. The van der Waals surface area contributed by atoms with E-state index in [9.17, 15) is 4.79 Å². The second-order valence-electron chi connectivity index (χ2n) is 3.06. The molecule has 1 N–H and O–H groups in total. The average molecular weight is 214 g/mol. The number of carboxylic acid groups (broad SMARTS) is 1. The first-order valence-corrected chi connectivity index (χ1v) is 5.46. The molecule has 0 aliphatic rings. The van der Waals surface area contributed by atoms with E-state index in [1.807, 2.05) is 17.8 Å². The van der Waals surface area contributed by atoms with Gasteiger partial charge in [0.15, 0.2) is 0 Å². The van der Waals surface area contributed by atoms with E-state index in [2.05, 4.69) is 4.98 Å². The van der Waals surface area contributed by atoms with Crippen LogP contribution in [0.15, 0.2) is 12.4 Å². The Bertz CT molecular complexity index is 312. The first-order chi connectivity index (χ1) is 6.61. The molecule has 0 fully saturated rings. The Labute approximate surface area is 87.3 Å². The Morgan fingerprint density at radius 1 is 1.79 bits per heavy atom. The molecule has 0 saturated heterocycles. The number of aliphatic carboxylic acids is 1. The zero-order valence-electron chi connectivity index (χ0n) is 8.30. The van der Waals surface area contributed by atoms with Crippen LogP contribution >= 0.6 is 11.8 Å². The summed E-state index contributed by atoms with van der Waals surface area (Å²) < 4.78 is 1.95. The molecule has 0 spiro atoms. The lowest BCUT2D eigenvalue weighted by atomic mass is 10.4. The van der Waals surface area contributed by atoms with Crippen LogP contribution in [0.3, 0.4) is 0 Å². The van der Waals surface area contributed by atoms with Crippen LogP contribution in [-0.4, -0.2) is 31.6 Å². The lowest BCUT2D eigenvalue weighted by molar-refractivity contribution is -0.136. The number of aromatic nitrogens is 2. The van der Waals surface area contributed by atoms with Crippen LogP contribution in [0.5, 0.6) is 0 Å². The van der Waals surface area contributed by atoms with Gasteiger partial charge in [0, 0.05) is 31.6 Å². The molecule has 0 aromatic carbocycles.